The predicted molar refractivity (Wildman–Crippen MR) is 56.0 cm³/mol. The molecule has 0 heterocycles. The summed E-state index contributed by atoms with van der Waals surface area (Å²) in [6.07, 6.45) is 0.439. The summed E-state index contributed by atoms with van der Waals surface area (Å²) in [6.45, 7) is 3.75. The molecular formula is C11H14ClFO. The van der Waals surface area contributed by atoms with Crippen LogP contribution in [-0.4, -0.2) is 11.7 Å². The van der Waals surface area contributed by atoms with Gasteiger partial charge in [-0.2, -0.15) is 0 Å². The molecule has 0 radical (unpaired) electrons. The van der Waals surface area contributed by atoms with E-state index in [4.69, 9.17) is 16.7 Å². The van der Waals surface area contributed by atoms with Crippen LogP contribution in [-0.2, 0) is 6.42 Å². The zero-order chi connectivity index (χ0) is 10.8. The first-order valence-corrected chi connectivity index (χ1v) is 4.88. The summed E-state index contributed by atoms with van der Waals surface area (Å²) in [5.74, 6) is -0.306. The molecule has 0 saturated carbocycles. The zero-order valence-electron chi connectivity index (χ0n) is 8.35. The van der Waals surface area contributed by atoms with Crippen molar-refractivity contribution in [1.29, 1.82) is 0 Å². The van der Waals surface area contributed by atoms with Gasteiger partial charge in [0.05, 0.1) is 0 Å². The molecule has 0 spiro atoms. The van der Waals surface area contributed by atoms with Gasteiger partial charge in [-0.25, -0.2) is 4.39 Å². The van der Waals surface area contributed by atoms with E-state index in [0.29, 0.717) is 17.0 Å². The van der Waals surface area contributed by atoms with Gasteiger partial charge in [-0.3, -0.25) is 0 Å². The van der Waals surface area contributed by atoms with Crippen LogP contribution < -0.4 is 0 Å². The topological polar surface area (TPSA) is 20.2 Å². The quantitative estimate of drug-likeness (QED) is 0.824. The van der Waals surface area contributed by atoms with Crippen molar-refractivity contribution in [2.75, 3.05) is 6.61 Å². The Morgan fingerprint density at radius 2 is 2.07 bits per heavy atom. The van der Waals surface area contributed by atoms with Gasteiger partial charge in [0, 0.05) is 17.2 Å². The minimum atomic E-state index is -0.341. The first-order valence-electron chi connectivity index (χ1n) is 4.50. The van der Waals surface area contributed by atoms with Gasteiger partial charge in [0.1, 0.15) is 5.82 Å². The van der Waals surface area contributed by atoms with Gasteiger partial charge in [0.2, 0.25) is 0 Å². The minimum absolute atomic E-state index is 0.0116. The van der Waals surface area contributed by atoms with Gasteiger partial charge in [-0.05, 0) is 24.0 Å². The monoisotopic (exact) mass is 216 g/mol. The van der Waals surface area contributed by atoms with Crippen LogP contribution in [0.1, 0.15) is 19.4 Å². The van der Waals surface area contributed by atoms with Crippen LogP contribution in [0.5, 0.6) is 0 Å². The maximum absolute atomic E-state index is 13.4. The van der Waals surface area contributed by atoms with Crippen molar-refractivity contribution in [2.24, 2.45) is 5.41 Å². The standard InChI is InChI=1S/C11H14ClFO/c1-11(2,7-14)6-8-9(12)4-3-5-10(8)13/h3-5,14H,6-7H2,1-2H3. The minimum Gasteiger partial charge on any atom is -0.396 e. The van der Waals surface area contributed by atoms with Gasteiger partial charge in [0.15, 0.2) is 0 Å². The Labute approximate surface area is 88.5 Å². The Morgan fingerprint density at radius 1 is 1.43 bits per heavy atom. The van der Waals surface area contributed by atoms with Crippen LogP contribution in [0.2, 0.25) is 5.02 Å². The highest BCUT2D eigenvalue weighted by Gasteiger charge is 2.20. The number of aliphatic hydroxyl groups is 1. The van der Waals surface area contributed by atoms with Crippen LogP contribution in [0.15, 0.2) is 18.2 Å². The molecule has 3 heteroatoms. The lowest BCUT2D eigenvalue weighted by atomic mass is 9.86. The van der Waals surface area contributed by atoms with E-state index < -0.39 is 0 Å². The Morgan fingerprint density at radius 3 is 2.57 bits per heavy atom. The lowest BCUT2D eigenvalue weighted by molar-refractivity contribution is 0.158. The van der Waals surface area contributed by atoms with Crippen molar-refractivity contribution in [1.82, 2.24) is 0 Å². The molecule has 1 N–H and O–H groups in total. The number of hydrogen-bond donors (Lipinski definition) is 1. The molecule has 1 rings (SSSR count). The number of hydrogen-bond acceptors (Lipinski definition) is 1. The number of halogens is 2. The summed E-state index contributed by atoms with van der Waals surface area (Å²) in [6, 6.07) is 4.62. The number of aliphatic hydroxyl groups excluding tert-OH is 1. The Kier molecular flexibility index (Phi) is 3.51. The Bertz CT molecular complexity index is 303. The molecule has 0 saturated heterocycles. The second kappa shape index (κ2) is 4.28. The van der Waals surface area contributed by atoms with Crippen LogP contribution in [0.25, 0.3) is 0 Å². The smallest absolute Gasteiger partial charge is 0.127 e. The van der Waals surface area contributed by atoms with Gasteiger partial charge in [0.25, 0.3) is 0 Å². The molecular weight excluding hydrogens is 203 g/mol. The zero-order valence-corrected chi connectivity index (χ0v) is 9.11. The summed E-state index contributed by atoms with van der Waals surface area (Å²) in [7, 11) is 0. The van der Waals surface area contributed by atoms with Gasteiger partial charge in [-0.1, -0.05) is 31.5 Å². The average molecular weight is 217 g/mol. The maximum atomic E-state index is 13.4. The molecule has 1 nitrogen and oxygen atoms in total. The first-order chi connectivity index (χ1) is 6.46. The predicted octanol–water partition coefficient (Wildman–Crippen LogP) is 3.04. The SMILES string of the molecule is CC(C)(CO)Cc1c(F)cccc1Cl. The highest BCUT2D eigenvalue weighted by atomic mass is 35.5. The van der Waals surface area contributed by atoms with E-state index in [0.717, 1.165) is 0 Å². The van der Waals surface area contributed by atoms with E-state index in [9.17, 15) is 4.39 Å². The molecule has 0 fully saturated rings. The van der Waals surface area contributed by atoms with E-state index >= 15 is 0 Å². The van der Waals surface area contributed by atoms with Crippen molar-refractivity contribution in [3.05, 3.63) is 34.6 Å². The van der Waals surface area contributed by atoms with E-state index in [1.807, 2.05) is 13.8 Å². The third-order valence-electron chi connectivity index (χ3n) is 2.15. The summed E-state index contributed by atoms with van der Waals surface area (Å²) >= 11 is 5.87. The number of rotatable bonds is 3. The maximum Gasteiger partial charge on any atom is 0.127 e. The van der Waals surface area contributed by atoms with Crippen molar-refractivity contribution >= 4 is 11.6 Å². The molecule has 0 bridgehead atoms. The van der Waals surface area contributed by atoms with Gasteiger partial charge in [-0.15, -0.1) is 0 Å². The van der Waals surface area contributed by atoms with Gasteiger partial charge >= 0.3 is 0 Å². The van der Waals surface area contributed by atoms with Gasteiger partial charge < -0.3 is 5.11 Å². The highest BCUT2D eigenvalue weighted by Crippen LogP contribution is 2.27. The largest absolute Gasteiger partial charge is 0.396 e. The summed E-state index contributed by atoms with van der Waals surface area (Å²) in [4.78, 5) is 0. The molecule has 14 heavy (non-hydrogen) atoms. The average Bonchev–Trinajstić information content (AvgIpc) is 2.12. The second-order valence-electron chi connectivity index (χ2n) is 4.20. The molecule has 0 aliphatic rings. The molecule has 1 aromatic rings. The third kappa shape index (κ3) is 2.69. The number of benzene rings is 1. The van der Waals surface area contributed by atoms with E-state index in [1.165, 1.54) is 6.07 Å². The second-order valence-corrected chi connectivity index (χ2v) is 4.61. The molecule has 0 amide bonds. The van der Waals surface area contributed by atoms with E-state index in [1.54, 1.807) is 12.1 Å². The lowest BCUT2D eigenvalue weighted by Crippen LogP contribution is -2.20. The fraction of sp³-hybridized carbons (Fsp3) is 0.455. The summed E-state index contributed by atoms with van der Waals surface area (Å²) in [5, 5.41) is 9.49. The van der Waals surface area contributed by atoms with Crippen LogP contribution in [0.3, 0.4) is 0 Å². The van der Waals surface area contributed by atoms with Crippen LogP contribution in [0, 0.1) is 11.2 Å². The fourth-order valence-electron chi connectivity index (χ4n) is 1.24. The molecule has 1 aromatic carbocycles. The van der Waals surface area contributed by atoms with Crippen molar-refractivity contribution in [2.45, 2.75) is 20.3 Å². The summed E-state index contributed by atoms with van der Waals surface area (Å²) < 4.78 is 13.4. The van der Waals surface area contributed by atoms with E-state index in [2.05, 4.69) is 0 Å². The van der Waals surface area contributed by atoms with Crippen molar-refractivity contribution in [3.63, 3.8) is 0 Å². The van der Waals surface area contributed by atoms with Crippen molar-refractivity contribution in [3.8, 4) is 0 Å². The normalized spacial score (nSPS) is 11.8. The molecule has 0 aromatic heterocycles. The third-order valence-corrected chi connectivity index (χ3v) is 2.50. The Hall–Kier alpha value is -0.600. The fourth-order valence-corrected chi connectivity index (χ4v) is 1.47. The van der Waals surface area contributed by atoms with E-state index in [-0.39, 0.29) is 17.8 Å². The molecule has 0 aliphatic carbocycles. The van der Waals surface area contributed by atoms with Crippen LogP contribution in [0.4, 0.5) is 4.39 Å². The van der Waals surface area contributed by atoms with Crippen molar-refractivity contribution < 1.29 is 9.50 Å². The highest BCUT2D eigenvalue weighted by molar-refractivity contribution is 6.31. The van der Waals surface area contributed by atoms with Crippen LogP contribution >= 0.6 is 11.6 Å². The molecule has 0 unspecified atom stereocenters. The first kappa shape index (κ1) is 11.5. The molecule has 0 aliphatic heterocycles. The molecule has 0 atom stereocenters. The molecule has 78 valence electrons. The summed E-state index contributed by atoms with van der Waals surface area (Å²) in [5.41, 5.74) is 0.138. The Balaban J connectivity index is 2.97. The lowest BCUT2D eigenvalue weighted by Gasteiger charge is -2.22.